The maximum Gasteiger partial charge on any atom is 0.223 e. The van der Waals surface area contributed by atoms with E-state index in [4.69, 9.17) is 0 Å². The molecular formula is C15H19BrN4O. The Morgan fingerprint density at radius 1 is 1.52 bits per heavy atom. The van der Waals surface area contributed by atoms with Crippen LogP contribution >= 0.6 is 15.9 Å². The Kier molecular flexibility index (Phi) is 5.18. The van der Waals surface area contributed by atoms with Gasteiger partial charge in [0.1, 0.15) is 11.9 Å². The zero-order valence-electron chi connectivity index (χ0n) is 12.3. The van der Waals surface area contributed by atoms with Gasteiger partial charge in [-0.2, -0.15) is 5.26 Å². The van der Waals surface area contributed by atoms with Crippen LogP contribution in [0.5, 0.6) is 0 Å². The summed E-state index contributed by atoms with van der Waals surface area (Å²) in [7, 11) is 0. The van der Waals surface area contributed by atoms with Gasteiger partial charge < -0.3 is 10.2 Å². The molecule has 1 N–H and O–H groups in total. The van der Waals surface area contributed by atoms with Crippen LogP contribution in [0.15, 0.2) is 16.7 Å². The standard InChI is InChI=1S/C15H19BrN4O/c1-10(2)19-15(21)11-3-5-20(6-4-11)14-12(8-17)7-13(16)9-18-14/h7,9-11H,3-6H2,1-2H3,(H,19,21). The molecule has 1 saturated heterocycles. The molecule has 1 aliphatic rings. The van der Waals surface area contributed by atoms with Crippen LogP contribution in [0.2, 0.25) is 0 Å². The first-order valence-corrected chi connectivity index (χ1v) is 7.91. The number of aromatic nitrogens is 1. The predicted octanol–water partition coefficient (Wildman–Crippen LogP) is 2.46. The van der Waals surface area contributed by atoms with Gasteiger partial charge in [-0.25, -0.2) is 4.98 Å². The van der Waals surface area contributed by atoms with Crippen LogP contribution in [0.25, 0.3) is 0 Å². The quantitative estimate of drug-likeness (QED) is 0.908. The smallest absolute Gasteiger partial charge is 0.223 e. The largest absolute Gasteiger partial charge is 0.355 e. The van der Waals surface area contributed by atoms with Gasteiger partial charge in [0.05, 0.1) is 5.56 Å². The molecule has 21 heavy (non-hydrogen) atoms. The van der Waals surface area contributed by atoms with E-state index in [9.17, 15) is 10.1 Å². The van der Waals surface area contributed by atoms with E-state index in [0.717, 1.165) is 30.4 Å². The number of nitrogens with one attached hydrogen (secondary N) is 1. The maximum atomic E-state index is 12.0. The first-order chi connectivity index (χ1) is 10.0. The summed E-state index contributed by atoms with van der Waals surface area (Å²) in [5.41, 5.74) is 0.564. The fourth-order valence-corrected chi connectivity index (χ4v) is 2.85. The average Bonchev–Trinajstić information content (AvgIpc) is 2.46. The van der Waals surface area contributed by atoms with Gasteiger partial charge in [-0.05, 0) is 48.7 Å². The number of nitrogens with zero attached hydrogens (tertiary/aromatic N) is 3. The van der Waals surface area contributed by atoms with Crippen LogP contribution in [-0.2, 0) is 4.79 Å². The lowest BCUT2D eigenvalue weighted by Gasteiger charge is -2.32. The number of piperidine rings is 1. The van der Waals surface area contributed by atoms with Gasteiger partial charge in [0.2, 0.25) is 5.91 Å². The Balaban J connectivity index is 2.02. The first kappa shape index (κ1) is 15.8. The topological polar surface area (TPSA) is 69.0 Å². The number of carbonyl (C=O) groups excluding carboxylic acids is 1. The zero-order valence-corrected chi connectivity index (χ0v) is 13.9. The van der Waals surface area contributed by atoms with Gasteiger partial charge in [-0.3, -0.25) is 4.79 Å². The summed E-state index contributed by atoms with van der Waals surface area (Å²) < 4.78 is 0.800. The fourth-order valence-electron chi connectivity index (χ4n) is 2.52. The molecule has 1 aliphatic heterocycles. The number of halogens is 1. The third-order valence-electron chi connectivity index (χ3n) is 3.55. The number of pyridine rings is 1. The van der Waals surface area contributed by atoms with Gasteiger partial charge >= 0.3 is 0 Å². The fraction of sp³-hybridized carbons (Fsp3) is 0.533. The molecule has 0 aromatic carbocycles. The lowest BCUT2D eigenvalue weighted by molar-refractivity contribution is -0.126. The van der Waals surface area contributed by atoms with E-state index in [-0.39, 0.29) is 17.9 Å². The monoisotopic (exact) mass is 350 g/mol. The summed E-state index contributed by atoms with van der Waals surface area (Å²) in [5.74, 6) is 0.905. The van der Waals surface area contributed by atoms with Gasteiger partial charge in [0.25, 0.3) is 0 Å². The number of carbonyl (C=O) groups is 1. The molecule has 0 aliphatic carbocycles. The summed E-state index contributed by atoms with van der Waals surface area (Å²) in [6.07, 6.45) is 3.29. The molecule has 2 heterocycles. The van der Waals surface area contributed by atoms with Crippen molar-refractivity contribution in [1.82, 2.24) is 10.3 Å². The Bertz CT molecular complexity index is 559. The lowest BCUT2D eigenvalue weighted by Crippen LogP contribution is -2.42. The van der Waals surface area contributed by atoms with Crippen molar-refractivity contribution in [2.24, 2.45) is 5.92 Å². The van der Waals surface area contributed by atoms with Crippen LogP contribution in [0.4, 0.5) is 5.82 Å². The van der Waals surface area contributed by atoms with E-state index >= 15 is 0 Å². The lowest BCUT2D eigenvalue weighted by atomic mass is 9.95. The van der Waals surface area contributed by atoms with Gasteiger partial charge in [0.15, 0.2) is 0 Å². The molecule has 112 valence electrons. The molecule has 0 atom stereocenters. The Labute approximate surface area is 133 Å². The number of amides is 1. The number of rotatable bonds is 3. The molecule has 0 saturated carbocycles. The number of hydrogen-bond acceptors (Lipinski definition) is 4. The SMILES string of the molecule is CC(C)NC(=O)C1CCN(c2ncc(Br)cc2C#N)CC1. The summed E-state index contributed by atoms with van der Waals surface area (Å²) in [4.78, 5) is 18.5. The maximum absolute atomic E-state index is 12.0. The third kappa shape index (κ3) is 3.94. The van der Waals surface area contributed by atoms with E-state index < -0.39 is 0 Å². The van der Waals surface area contributed by atoms with Crippen molar-refractivity contribution in [3.8, 4) is 6.07 Å². The highest BCUT2D eigenvalue weighted by Gasteiger charge is 2.26. The van der Waals surface area contributed by atoms with E-state index in [0.29, 0.717) is 11.4 Å². The number of hydrogen-bond donors (Lipinski definition) is 1. The van der Waals surface area contributed by atoms with Crippen LogP contribution < -0.4 is 10.2 Å². The molecule has 1 aromatic heterocycles. The van der Waals surface area contributed by atoms with Crippen molar-refractivity contribution >= 4 is 27.7 Å². The first-order valence-electron chi connectivity index (χ1n) is 7.12. The molecule has 0 spiro atoms. The number of nitriles is 1. The Hall–Kier alpha value is -1.61. The second-order valence-electron chi connectivity index (χ2n) is 5.56. The Morgan fingerprint density at radius 3 is 2.76 bits per heavy atom. The second-order valence-corrected chi connectivity index (χ2v) is 6.48. The summed E-state index contributed by atoms with van der Waals surface area (Å²) in [6.45, 7) is 5.44. The predicted molar refractivity (Wildman–Crippen MR) is 84.9 cm³/mol. The van der Waals surface area contributed by atoms with Crippen molar-refractivity contribution in [1.29, 1.82) is 5.26 Å². The highest BCUT2D eigenvalue weighted by atomic mass is 79.9. The van der Waals surface area contributed by atoms with E-state index in [1.54, 1.807) is 12.3 Å². The van der Waals surface area contributed by atoms with Crippen LogP contribution in [0.1, 0.15) is 32.3 Å². The summed E-state index contributed by atoms with van der Waals surface area (Å²) >= 11 is 3.33. The van der Waals surface area contributed by atoms with Gasteiger partial charge in [0, 0.05) is 35.7 Å². The summed E-state index contributed by atoms with van der Waals surface area (Å²) in [5, 5.41) is 12.2. The minimum atomic E-state index is 0.0598. The molecule has 0 radical (unpaired) electrons. The third-order valence-corrected chi connectivity index (χ3v) is 3.98. The van der Waals surface area contributed by atoms with Crippen molar-refractivity contribution in [3.63, 3.8) is 0 Å². The van der Waals surface area contributed by atoms with Crippen molar-refractivity contribution in [3.05, 3.63) is 22.3 Å². The minimum absolute atomic E-state index is 0.0598. The van der Waals surface area contributed by atoms with Crippen molar-refractivity contribution < 1.29 is 4.79 Å². The van der Waals surface area contributed by atoms with Gasteiger partial charge in [-0.1, -0.05) is 0 Å². The van der Waals surface area contributed by atoms with E-state index in [1.165, 1.54) is 0 Å². The molecule has 0 unspecified atom stereocenters. The molecule has 1 aromatic rings. The minimum Gasteiger partial charge on any atom is -0.355 e. The van der Waals surface area contributed by atoms with Crippen LogP contribution in [0.3, 0.4) is 0 Å². The van der Waals surface area contributed by atoms with Crippen LogP contribution in [-0.4, -0.2) is 30.0 Å². The van der Waals surface area contributed by atoms with Crippen LogP contribution in [0, 0.1) is 17.2 Å². The van der Waals surface area contributed by atoms with E-state index in [1.807, 2.05) is 13.8 Å². The van der Waals surface area contributed by atoms with Crippen molar-refractivity contribution in [2.45, 2.75) is 32.7 Å². The normalized spacial score (nSPS) is 15.9. The Morgan fingerprint density at radius 2 is 2.19 bits per heavy atom. The second kappa shape index (κ2) is 6.90. The molecule has 0 bridgehead atoms. The molecule has 1 amide bonds. The highest BCUT2D eigenvalue weighted by Crippen LogP contribution is 2.26. The summed E-state index contributed by atoms with van der Waals surface area (Å²) in [6, 6.07) is 4.13. The molecule has 2 rings (SSSR count). The molecule has 6 heteroatoms. The zero-order chi connectivity index (χ0) is 15.4. The molecular weight excluding hydrogens is 332 g/mol. The van der Waals surface area contributed by atoms with Crippen molar-refractivity contribution in [2.75, 3.05) is 18.0 Å². The highest BCUT2D eigenvalue weighted by molar-refractivity contribution is 9.10. The molecule has 1 fully saturated rings. The number of anilines is 1. The molecule has 5 nitrogen and oxygen atoms in total. The van der Waals surface area contributed by atoms with E-state index in [2.05, 4.69) is 37.2 Å². The average molecular weight is 351 g/mol. The van der Waals surface area contributed by atoms with Gasteiger partial charge in [-0.15, -0.1) is 0 Å².